The van der Waals surface area contributed by atoms with Gasteiger partial charge in [0.15, 0.2) is 0 Å². The van der Waals surface area contributed by atoms with Crippen LogP contribution in [0.15, 0.2) is 28.0 Å². The van der Waals surface area contributed by atoms with Crippen molar-refractivity contribution in [1.82, 2.24) is 4.98 Å². The Morgan fingerprint density at radius 2 is 2.15 bits per heavy atom. The maximum absolute atomic E-state index is 12.2. The lowest BCUT2D eigenvalue weighted by atomic mass is 9.97. The minimum Gasteiger partial charge on any atom is -0.312 e. The maximum Gasteiger partial charge on any atom is 0.249 e. The number of amides is 1. The number of aromatic nitrogens is 1. The zero-order chi connectivity index (χ0) is 15.1. The number of carbonyl (C=O) groups is 1. The molecule has 0 saturated heterocycles. The van der Waals surface area contributed by atoms with Crippen molar-refractivity contribution >= 4 is 28.5 Å². The quantitative estimate of drug-likeness (QED) is 0.879. The number of aromatic amines is 1. The molecule has 2 unspecified atom stereocenters. The van der Waals surface area contributed by atoms with Crippen LogP contribution in [0, 0.1) is 11.8 Å². The van der Waals surface area contributed by atoms with Crippen molar-refractivity contribution < 1.29 is 4.79 Å². The molecule has 0 aliphatic carbocycles. The van der Waals surface area contributed by atoms with Crippen LogP contribution in [0.25, 0.3) is 0 Å². The first kappa shape index (κ1) is 16.5. The van der Waals surface area contributed by atoms with Gasteiger partial charge in [-0.15, -0.1) is 11.8 Å². The summed E-state index contributed by atoms with van der Waals surface area (Å²) >= 11 is 1.50. The Hall–Kier alpha value is -1.56. The Labute approximate surface area is 123 Å². The molecule has 1 aliphatic heterocycles. The first-order valence-electron chi connectivity index (χ1n) is 6.70. The van der Waals surface area contributed by atoms with Gasteiger partial charge in [0.2, 0.25) is 11.5 Å². The highest BCUT2D eigenvalue weighted by Gasteiger charge is 2.34. The fourth-order valence-corrected chi connectivity index (χ4v) is 2.77. The van der Waals surface area contributed by atoms with Crippen LogP contribution in [0.3, 0.4) is 0 Å². The van der Waals surface area contributed by atoms with Gasteiger partial charge in [-0.2, -0.15) is 0 Å². The fraction of sp³-hybridized carbons (Fsp3) is 0.500. The molecule has 0 fully saturated rings. The maximum atomic E-state index is 12.2. The van der Waals surface area contributed by atoms with Gasteiger partial charge in [0.25, 0.3) is 0 Å². The Balaban J connectivity index is 0.000000956. The molecular weight excluding hydrogens is 274 g/mol. The second-order valence-corrected chi connectivity index (χ2v) is 5.08. The highest BCUT2D eigenvalue weighted by atomic mass is 32.2. The van der Waals surface area contributed by atoms with Crippen molar-refractivity contribution in [2.75, 3.05) is 18.1 Å². The highest BCUT2D eigenvalue weighted by molar-refractivity contribution is 8.13. The number of rotatable bonds is 2. The van der Waals surface area contributed by atoms with E-state index in [-0.39, 0.29) is 23.3 Å². The van der Waals surface area contributed by atoms with Crippen LogP contribution in [0.1, 0.15) is 20.8 Å². The number of thioether (sulfide) groups is 1. The molecule has 2 heterocycles. The minimum absolute atomic E-state index is 0.116. The fourth-order valence-electron chi connectivity index (χ4n) is 1.97. The van der Waals surface area contributed by atoms with Crippen molar-refractivity contribution in [3.05, 3.63) is 28.6 Å². The molecule has 1 aromatic rings. The summed E-state index contributed by atoms with van der Waals surface area (Å²) in [7, 11) is 0. The summed E-state index contributed by atoms with van der Waals surface area (Å²) in [6.45, 7) is 6.68. The summed E-state index contributed by atoms with van der Waals surface area (Å²) < 4.78 is 0. The van der Waals surface area contributed by atoms with Gasteiger partial charge in [-0.05, 0) is 18.2 Å². The molecule has 2 N–H and O–H groups in total. The number of anilines is 1. The molecule has 1 aromatic heterocycles. The largest absolute Gasteiger partial charge is 0.312 e. The van der Waals surface area contributed by atoms with Crippen LogP contribution in [0.5, 0.6) is 0 Å². The molecule has 0 bridgehead atoms. The number of aliphatic imine (C=N–C) groups is 1. The number of pyridine rings is 1. The highest BCUT2D eigenvalue weighted by Crippen LogP contribution is 2.27. The van der Waals surface area contributed by atoms with E-state index in [2.05, 4.69) is 15.3 Å². The topological polar surface area (TPSA) is 74.3 Å². The number of nitrogens with one attached hydrogen (secondary N) is 2. The van der Waals surface area contributed by atoms with E-state index in [1.807, 2.05) is 27.0 Å². The summed E-state index contributed by atoms with van der Waals surface area (Å²) in [6, 6.07) is 4.67. The average molecular weight is 295 g/mol. The predicted molar refractivity (Wildman–Crippen MR) is 85.5 cm³/mol. The molecule has 110 valence electrons. The van der Waals surface area contributed by atoms with Gasteiger partial charge >= 0.3 is 0 Å². The minimum atomic E-state index is -0.231. The van der Waals surface area contributed by atoms with Crippen LogP contribution in [0.4, 0.5) is 5.82 Å². The summed E-state index contributed by atoms with van der Waals surface area (Å²) in [5.74, 6) is 0.286. The van der Waals surface area contributed by atoms with E-state index in [0.717, 1.165) is 5.04 Å². The molecule has 0 radical (unpaired) electrons. The smallest absolute Gasteiger partial charge is 0.249 e. The Bertz CT molecular complexity index is 539. The second kappa shape index (κ2) is 7.89. The van der Waals surface area contributed by atoms with Crippen molar-refractivity contribution in [2.24, 2.45) is 16.8 Å². The molecule has 2 rings (SSSR count). The van der Waals surface area contributed by atoms with Crippen LogP contribution in [-0.4, -0.2) is 28.7 Å². The Morgan fingerprint density at radius 3 is 2.75 bits per heavy atom. The molecule has 0 aromatic carbocycles. The lowest BCUT2D eigenvalue weighted by molar-refractivity contribution is -0.118. The van der Waals surface area contributed by atoms with Gasteiger partial charge in [0.1, 0.15) is 5.82 Å². The van der Waals surface area contributed by atoms with E-state index >= 15 is 0 Å². The molecule has 1 amide bonds. The van der Waals surface area contributed by atoms with E-state index in [0.29, 0.717) is 12.4 Å². The number of hydrogen-bond acceptors (Lipinski definition) is 4. The number of hydrogen-bond donors (Lipinski definition) is 2. The van der Waals surface area contributed by atoms with Crippen molar-refractivity contribution in [1.29, 1.82) is 0 Å². The Morgan fingerprint density at radius 1 is 1.45 bits per heavy atom. The lowest BCUT2D eigenvalue weighted by Crippen LogP contribution is -2.31. The van der Waals surface area contributed by atoms with Gasteiger partial charge in [0, 0.05) is 12.6 Å². The van der Waals surface area contributed by atoms with Crippen molar-refractivity contribution in [2.45, 2.75) is 20.8 Å². The zero-order valence-corrected chi connectivity index (χ0v) is 13.1. The average Bonchev–Trinajstić information content (AvgIpc) is 2.82. The summed E-state index contributed by atoms with van der Waals surface area (Å²) in [5, 5.41) is 3.59. The van der Waals surface area contributed by atoms with E-state index in [9.17, 15) is 9.59 Å². The van der Waals surface area contributed by atoms with E-state index in [4.69, 9.17) is 0 Å². The van der Waals surface area contributed by atoms with E-state index in [1.54, 1.807) is 12.1 Å². The second-order valence-electron chi connectivity index (χ2n) is 4.26. The predicted octanol–water partition coefficient (Wildman–Crippen LogP) is 2.37. The SMILES string of the molecule is CC.CSC1=NCC(C)C1C(=O)Nc1cccc(=O)[nH]1. The third-order valence-electron chi connectivity index (χ3n) is 2.89. The number of H-pyrrole nitrogens is 1. The standard InChI is InChI=1S/C12H15N3O2S.C2H6/c1-7-6-13-12(18-2)10(7)11(17)15-8-4-3-5-9(16)14-8;1-2/h3-5,7,10H,6H2,1-2H3,(H2,14,15,16,17);1-2H3. The van der Waals surface area contributed by atoms with Gasteiger partial charge < -0.3 is 10.3 Å². The normalized spacial score (nSPS) is 20.7. The van der Waals surface area contributed by atoms with Crippen molar-refractivity contribution in [3.63, 3.8) is 0 Å². The van der Waals surface area contributed by atoms with Crippen LogP contribution in [-0.2, 0) is 4.79 Å². The number of carbonyl (C=O) groups excluding carboxylic acids is 1. The van der Waals surface area contributed by atoms with Crippen molar-refractivity contribution in [3.8, 4) is 0 Å². The van der Waals surface area contributed by atoms with E-state index < -0.39 is 0 Å². The summed E-state index contributed by atoms with van der Waals surface area (Å²) in [5.41, 5.74) is -0.231. The summed E-state index contributed by atoms with van der Waals surface area (Å²) in [4.78, 5) is 30.2. The lowest BCUT2D eigenvalue weighted by Gasteiger charge is -2.16. The van der Waals surface area contributed by atoms with Crippen LogP contribution in [0.2, 0.25) is 0 Å². The van der Waals surface area contributed by atoms with Gasteiger partial charge in [-0.3, -0.25) is 14.6 Å². The molecule has 1 aliphatic rings. The van der Waals surface area contributed by atoms with Crippen LogP contribution < -0.4 is 10.9 Å². The van der Waals surface area contributed by atoms with Gasteiger partial charge in [0.05, 0.1) is 11.0 Å². The Kier molecular flexibility index (Phi) is 6.51. The molecular formula is C14H21N3O2S. The third kappa shape index (κ3) is 3.96. The molecule has 5 nitrogen and oxygen atoms in total. The van der Waals surface area contributed by atoms with Gasteiger partial charge in [-0.25, -0.2) is 0 Å². The first-order valence-corrected chi connectivity index (χ1v) is 7.93. The molecule has 20 heavy (non-hydrogen) atoms. The number of nitrogens with zero attached hydrogens (tertiary/aromatic N) is 1. The zero-order valence-electron chi connectivity index (χ0n) is 12.3. The van der Waals surface area contributed by atoms with Crippen LogP contribution >= 0.6 is 11.8 Å². The molecule has 0 saturated carbocycles. The molecule has 6 heteroatoms. The molecule has 0 spiro atoms. The first-order chi connectivity index (χ1) is 9.61. The van der Waals surface area contributed by atoms with Gasteiger partial charge in [-0.1, -0.05) is 26.8 Å². The summed E-state index contributed by atoms with van der Waals surface area (Å²) in [6.07, 6.45) is 1.92. The van der Waals surface area contributed by atoms with E-state index in [1.165, 1.54) is 17.8 Å². The monoisotopic (exact) mass is 295 g/mol. The molecule has 2 atom stereocenters. The third-order valence-corrected chi connectivity index (χ3v) is 3.69.